The predicted molar refractivity (Wildman–Crippen MR) is 80.4 cm³/mol. The van der Waals surface area contributed by atoms with E-state index in [1.807, 2.05) is 0 Å². The van der Waals surface area contributed by atoms with Crippen molar-refractivity contribution in [1.82, 2.24) is 4.31 Å². The molecule has 0 radical (unpaired) electrons. The van der Waals surface area contributed by atoms with Crippen molar-refractivity contribution in [2.75, 3.05) is 33.6 Å². The summed E-state index contributed by atoms with van der Waals surface area (Å²) in [5.41, 5.74) is 0. The molecule has 0 heterocycles. The quantitative estimate of drug-likeness (QED) is 0.681. The number of benzene rings is 1. The zero-order valence-corrected chi connectivity index (χ0v) is 14.1. The van der Waals surface area contributed by atoms with Crippen molar-refractivity contribution in [3.8, 4) is 11.5 Å². The van der Waals surface area contributed by atoms with E-state index >= 15 is 0 Å². The summed E-state index contributed by atoms with van der Waals surface area (Å²) in [4.78, 5) is -0.000458. The Bertz CT molecular complexity index is 713. The van der Waals surface area contributed by atoms with Crippen molar-refractivity contribution in [3.05, 3.63) is 18.2 Å². The molecule has 0 aliphatic carbocycles. The molecule has 1 aromatic rings. The van der Waals surface area contributed by atoms with Gasteiger partial charge in [0.25, 0.3) is 10.1 Å². The first-order chi connectivity index (χ1) is 10.1. The van der Waals surface area contributed by atoms with Gasteiger partial charge in [0.2, 0.25) is 10.0 Å². The minimum absolute atomic E-state index is 0.000458. The predicted octanol–water partition coefficient (Wildman–Crippen LogP) is 0.602. The summed E-state index contributed by atoms with van der Waals surface area (Å²) in [5.74, 6) is 0.170. The molecule has 0 atom stereocenters. The Balaban J connectivity index is 2.93. The van der Waals surface area contributed by atoms with Gasteiger partial charge < -0.3 is 9.47 Å². The molecule has 1 N–H and O–H groups in total. The summed E-state index contributed by atoms with van der Waals surface area (Å²) >= 11 is 0. The van der Waals surface area contributed by atoms with E-state index in [1.165, 1.54) is 39.5 Å². The molecular formula is C12H19NO7S2. The van der Waals surface area contributed by atoms with Crippen LogP contribution in [-0.2, 0) is 20.1 Å². The van der Waals surface area contributed by atoms with Crippen LogP contribution in [0.2, 0.25) is 0 Å². The third-order valence-electron chi connectivity index (χ3n) is 2.94. The Kier molecular flexibility index (Phi) is 6.17. The van der Waals surface area contributed by atoms with Crippen LogP contribution in [0.15, 0.2) is 23.1 Å². The topological polar surface area (TPSA) is 110 Å². The van der Waals surface area contributed by atoms with Gasteiger partial charge in [0, 0.05) is 19.7 Å². The van der Waals surface area contributed by atoms with E-state index in [0.29, 0.717) is 5.75 Å². The van der Waals surface area contributed by atoms with Crippen LogP contribution in [0, 0.1) is 0 Å². The molecule has 0 spiro atoms. The Labute approximate surface area is 130 Å². The number of sulfonamides is 1. The highest BCUT2D eigenvalue weighted by Gasteiger charge is 2.22. The lowest BCUT2D eigenvalue weighted by Crippen LogP contribution is -2.29. The number of methoxy groups -OCH3 is 2. The van der Waals surface area contributed by atoms with Crippen LogP contribution >= 0.6 is 0 Å². The highest BCUT2D eigenvalue weighted by atomic mass is 32.2. The highest BCUT2D eigenvalue weighted by Crippen LogP contribution is 2.30. The van der Waals surface area contributed by atoms with E-state index < -0.39 is 25.9 Å². The monoisotopic (exact) mass is 353 g/mol. The lowest BCUT2D eigenvalue weighted by Gasteiger charge is -2.18. The zero-order chi connectivity index (χ0) is 17.0. The standard InChI is InChI=1S/C12H19NO7S2/c1-13(7-4-8-21(14,15)16)22(17,18)10-5-6-11(19-2)12(9-10)20-3/h5-6,9H,4,7-8H2,1-3H3,(H,14,15,16). The van der Waals surface area contributed by atoms with E-state index in [-0.39, 0.29) is 23.6 Å². The van der Waals surface area contributed by atoms with Gasteiger partial charge in [-0.3, -0.25) is 4.55 Å². The second-order valence-corrected chi connectivity index (χ2v) is 8.10. The molecule has 0 fully saturated rings. The number of ether oxygens (including phenoxy) is 2. The molecule has 1 rings (SSSR count). The Hall–Kier alpha value is -1.36. The number of hydrogen-bond acceptors (Lipinski definition) is 6. The molecule has 0 amide bonds. The summed E-state index contributed by atoms with van der Waals surface area (Å²) < 4.78 is 65.8. The SMILES string of the molecule is COc1ccc(S(=O)(=O)N(C)CCCS(=O)(=O)O)cc1OC. The van der Waals surface area contributed by atoms with E-state index in [2.05, 4.69) is 0 Å². The Morgan fingerprint density at radius 3 is 2.18 bits per heavy atom. The summed E-state index contributed by atoms with van der Waals surface area (Å²) in [6.07, 6.45) is -0.0121. The van der Waals surface area contributed by atoms with Gasteiger partial charge in [0.15, 0.2) is 11.5 Å². The summed E-state index contributed by atoms with van der Waals surface area (Å²) in [6.45, 7) is -0.0452. The molecule has 22 heavy (non-hydrogen) atoms. The molecule has 0 unspecified atom stereocenters. The minimum Gasteiger partial charge on any atom is -0.493 e. The summed E-state index contributed by atoms with van der Waals surface area (Å²) in [5, 5.41) is 0. The maximum atomic E-state index is 12.4. The average molecular weight is 353 g/mol. The lowest BCUT2D eigenvalue weighted by molar-refractivity contribution is 0.353. The third kappa shape index (κ3) is 4.83. The van der Waals surface area contributed by atoms with Crippen LogP contribution in [0.4, 0.5) is 0 Å². The molecule has 1 aromatic carbocycles. The first-order valence-electron chi connectivity index (χ1n) is 6.25. The van der Waals surface area contributed by atoms with Crippen LogP contribution in [0.3, 0.4) is 0 Å². The molecule has 0 aliphatic rings. The van der Waals surface area contributed by atoms with Gasteiger partial charge in [-0.2, -0.15) is 8.42 Å². The van der Waals surface area contributed by atoms with Crippen LogP contribution < -0.4 is 9.47 Å². The molecule has 0 aliphatic heterocycles. The molecule has 0 bridgehead atoms. The fourth-order valence-electron chi connectivity index (χ4n) is 1.75. The Morgan fingerprint density at radius 1 is 1.09 bits per heavy atom. The molecule has 0 saturated heterocycles. The average Bonchev–Trinajstić information content (AvgIpc) is 2.44. The Morgan fingerprint density at radius 2 is 1.68 bits per heavy atom. The van der Waals surface area contributed by atoms with Crippen molar-refractivity contribution in [1.29, 1.82) is 0 Å². The van der Waals surface area contributed by atoms with Crippen molar-refractivity contribution in [2.24, 2.45) is 0 Å². The highest BCUT2D eigenvalue weighted by molar-refractivity contribution is 7.89. The van der Waals surface area contributed by atoms with Crippen LogP contribution in [0.5, 0.6) is 11.5 Å². The summed E-state index contributed by atoms with van der Waals surface area (Å²) in [7, 11) is -3.74. The van der Waals surface area contributed by atoms with Crippen LogP contribution in [-0.4, -0.2) is 59.3 Å². The largest absolute Gasteiger partial charge is 0.493 e. The van der Waals surface area contributed by atoms with E-state index in [4.69, 9.17) is 14.0 Å². The van der Waals surface area contributed by atoms with Crippen molar-refractivity contribution < 1.29 is 30.9 Å². The number of nitrogens with zero attached hydrogens (tertiary/aromatic N) is 1. The first kappa shape index (κ1) is 18.7. The maximum Gasteiger partial charge on any atom is 0.264 e. The second kappa shape index (κ2) is 7.27. The van der Waals surface area contributed by atoms with E-state index in [9.17, 15) is 16.8 Å². The van der Waals surface area contributed by atoms with Gasteiger partial charge in [-0.05, 0) is 18.6 Å². The van der Waals surface area contributed by atoms with E-state index in [1.54, 1.807) is 0 Å². The zero-order valence-electron chi connectivity index (χ0n) is 12.5. The van der Waals surface area contributed by atoms with Gasteiger partial charge in [-0.25, -0.2) is 12.7 Å². The molecule has 0 saturated carbocycles. The fraction of sp³-hybridized carbons (Fsp3) is 0.500. The third-order valence-corrected chi connectivity index (χ3v) is 5.60. The van der Waals surface area contributed by atoms with Crippen LogP contribution in [0.1, 0.15) is 6.42 Å². The number of rotatable bonds is 8. The van der Waals surface area contributed by atoms with Gasteiger partial charge in [0.05, 0.1) is 24.9 Å². The lowest BCUT2D eigenvalue weighted by atomic mass is 10.3. The number of hydrogen-bond donors (Lipinski definition) is 1. The summed E-state index contributed by atoms with van der Waals surface area (Å²) in [6, 6.07) is 4.17. The van der Waals surface area contributed by atoms with Gasteiger partial charge in [0.1, 0.15) is 0 Å². The molecule has 126 valence electrons. The molecule has 10 heteroatoms. The van der Waals surface area contributed by atoms with Crippen molar-refractivity contribution in [2.45, 2.75) is 11.3 Å². The van der Waals surface area contributed by atoms with Gasteiger partial charge in [-0.1, -0.05) is 0 Å². The van der Waals surface area contributed by atoms with Gasteiger partial charge in [-0.15, -0.1) is 0 Å². The van der Waals surface area contributed by atoms with Gasteiger partial charge >= 0.3 is 0 Å². The minimum atomic E-state index is -4.11. The van der Waals surface area contributed by atoms with Crippen molar-refractivity contribution >= 4 is 20.1 Å². The van der Waals surface area contributed by atoms with E-state index in [0.717, 1.165) is 4.31 Å². The molecule has 8 nitrogen and oxygen atoms in total. The normalized spacial score (nSPS) is 12.4. The fourth-order valence-corrected chi connectivity index (χ4v) is 3.47. The van der Waals surface area contributed by atoms with Crippen molar-refractivity contribution in [3.63, 3.8) is 0 Å². The second-order valence-electron chi connectivity index (χ2n) is 4.48. The maximum absolute atomic E-state index is 12.4. The van der Waals surface area contributed by atoms with Crippen LogP contribution in [0.25, 0.3) is 0 Å². The smallest absolute Gasteiger partial charge is 0.264 e. The molecule has 0 aromatic heterocycles. The first-order valence-corrected chi connectivity index (χ1v) is 9.30. The molecular weight excluding hydrogens is 334 g/mol.